The van der Waals surface area contributed by atoms with Crippen LogP contribution in [0.3, 0.4) is 0 Å². The summed E-state index contributed by atoms with van der Waals surface area (Å²) in [5.41, 5.74) is 5.16. The number of aromatic nitrogens is 1. The molecule has 0 bridgehead atoms. The van der Waals surface area contributed by atoms with Gasteiger partial charge >= 0.3 is 6.61 Å². The standard InChI is InChI=1S/C24H25F2N5O/c1-16(27-12-13-29-21-6-3-11-28-21)18-4-2-5-20(14-18)31-23(17-7-8-17)19-9-10-22(30-15-19)32-24(25)26/h2-5,9-16,24,27,31H,6-8H2,1H3,(H,28,29). The average molecular weight is 437 g/mol. The number of anilines is 1. The van der Waals surface area contributed by atoms with Crippen molar-refractivity contribution in [2.75, 3.05) is 5.32 Å². The maximum Gasteiger partial charge on any atom is 0.388 e. The van der Waals surface area contributed by atoms with E-state index in [1.54, 1.807) is 18.5 Å². The molecule has 1 aliphatic carbocycles. The van der Waals surface area contributed by atoms with Crippen LogP contribution in [-0.4, -0.2) is 17.4 Å². The number of allylic oxidation sites excluding steroid dienone is 1. The van der Waals surface area contributed by atoms with Gasteiger partial charge in [0.25, 0.3) is 0 Å². The van der Waals surface area contributed by atoms with Crippen LogP contribution in [0.1, 0.15) is 43.4 Å². The first-order valence-electron chi connectivity index (χ1n) is 10.5. The van der Waals surface area contributed by atoms with Crippen LogP contribution < -0.4 is 20.7 Å². The molecule has 2 aromatic rings. The summed E-state index contributed by atoms with van der Waals surface area (Å²) in [6.45, 7) is -0.797. The van der Waals surface area contributed by atoms with Gasteiger partial charge in [0.15, 0.2) is 0 Å². The van der Waals surface area contributed by atoms with E-state index in [4.69, 9.17) is 0 Å². The van der Waals surface area contributed by atoms with Gasteiger partial charge in [-0.05, 0) is 49.1 Å². The minimum Gasteiger partial charge on any atom is -0.417 e. The van der Waals surface area contributed by atoms with Crippen molar-refractivity contribution in [1.29, 1.82) is 0 Å². The molecule has 1 unspecified atom stereocenters. The molecule has 0 amide bonds. The van der Waals surface area contributed by atoms with Gasteiger partial charge in [-0.3, -0.25) is 0 Å². The zero-order valence-corrected chi connectivity index (χ0v) is 17.7. The minimum absolute atomic E-state index is 0.0930. The summed E-state index contributed by atoms with van der Waals surface area (Å²) in [5.74, 6) is 0.829. The molecule has 2 aliphatic rings. The van der Waals surface area contributed by atoms with E-state index >= 15 is 0 Å². The predicted molar refractivity (Wildman–Crippen MR) is 122 cm³/mol. The first-order valence-corrected chi connectivity index (χ1v) is 10.5. The molecular formula is C24H25F2N5O. The Kier molecular flexibility index (Phi) is 6.79. The molecule has 0 radical (unpaired) electrons. The molecule has 4 rings (SSSR count). The van der Waals surface area contributed by atoms with E-state index in [0.29, 0.717) is 0 Å². The molecule has 166 valence electrons. The van der Waals surface area contributed by atoms with Gasteiger partial charge in [0, 0.05) is 60.3 Å². The first-order chi connectivity index (χ1) is 15.6. The summed E-state index contributed by atoms with van der Waals surface area (Å²) in [7, 11) is 0. The van der Waals surface area contributed by atoms with Crippen LogP contribution in [0.4, 0.5) is 14.5 Å². The Morgan fingerprint density at radius 3 is 2.72 bits per heavy atom. The molecule has 1 atom stereocenters. The number of aliphatic imine (C=N–C) groups is 1. The summed E-state index contributed by atoms with van der Waals surface area (Å²) in [5, 5.41) is 9.98. The van der Waals surface area contributed by atoms with Crippen LogP contribution in [0, 0.1) is 0 Å². The number of ether oxygens (including phenoxy) is 1. The predicted octanol–water partition coefficient (Wildman–Crippen LogP) is 5.33. The number of alkyl halides is 2. The summed E-state index contributed by atoms with van der Waals surface area (Å²) in [6, 6.07) is 11.5. The van der Waals surface area contributed by atoms with Crippen LogP contribution in [0.25, 0.3) is 5.70 Å². The molecule has 0 saturated heterocycles. The van der Waals surface area contributed by atoms with Gasteiger partial charge in [0.1, 0.15) is 5.84 Å². The molecule has 1 aromatic heterocycles. The third-order valence-electron chi connectivity index (χ3n) is 5.07. The number of rotatable bonds is 9. The van der Waals surface area contributed by atoms with Crippen molar-refractivity contribution in [3.63, 3.8) is 0 Å². The molecular weight excluding hydrogens is 412 g/mol. The van der Waals surface area contributed by atoms with Crippen LogP contribution in [-0.2, 0) is 0 Å². The van der Waals surface area contributed by atoms with Gasteiger partial charge in [-0.25, -0.2) is 9.98 Å². The molecule has 0 spiro atoms. The molecule has 32 heavy (non-hydrogen) atoms. The molecule has 1 saturated carbocycles. The first kappa shape index (κ1) is 21.5. The van der Waals surface area contributed by atoms with Crippen LogP contribution in [0.15, 0.2) is 77.8 Å². The summed E-state index contributed by atoms with van der Waals surface area (Å²) < 4.78 is 29.1. The molecule has 3 N–H and O–H groups in total. The van der Waals surface area contributed by atoms with Gasteiger partial charge in [0.2, 0.25) is 5.88 Å². The number of halogens is 2. The lowest BCUT2D eigenvalue weighted by Gasteiger charge is -2.16. The lowest BCUT2D eigenvalue weighted by atomic mass is 10.1. The van der Waals surface area contributed by atoms with E-state index < -0.39 is 6.61 Å². The van der Waals surface area contributed by atoms with Crippen molar-refractivity contribution in [2.24, 2.45) is 4.99 Å². The minimum atomic E-state index is -2.88. The SMILES string of the molecule is CC(NC=CNC1=NC=CC1)c1cccc(NC(=C2CC2)c2ccc(OC(F)F)nc2)c1. The van der Waals surface area contributed by atoms with Crippen LogP contribution >= 0.6 is 0 Å². The number of nitrogens with zero attached hydrogens (tertiary/aromatic N) is 2. The monoisotopic (exact) mass is 437 g/mol. The summed E-state index contributed by atoms with van der Waals surface area (Å²) in [4.78, 5) is 8.20. The second-order valence-electron chi connectivity index (χ2n) is 7.52. The van der Waals surface area contributed by atoms with Gasteiger partial charge in [-0.2, -0.15) is 8.78 Å². The molecule has 1 aliphatic heterocycles. The van der Waals surface area contributed by atoms with E-state index in [1.165, 1.54) is 11.6 Å². The Morgan fingerprint density at radius 1 is 1.16 bits per heavy atom. The second kappa shape index (κ2) is 10.1. The van der Waals surface area contributed by atoms with Gasteiger partial charge in [-0.1, -0.05) is 18.2 Å². The Bertz CT molecular complexity index is 1050. The third-order valence-corrected chi connectivity index (χ3v) is 5.07. The summed E-state index contributed by atoms with van der Waals surface area (Å²) >= 11 is 0. The van der Waals surface area contributed by atoms with Crippen molar-refractivity contribution < 1.29 is 13.5 Å². The molecule has 8 heteroatoms. The maximum atomic E-state index is 12.4. The number of nitrogens with one attached hydrogen (secondary N) is 3. The number of hydrogen-bond donors (Lipinski definition) is 3. The number of pyridine rings is 1. The van der Waals surface area contributed by atoms with E-state index in [0.717, 1.165) is 47.6 Å². The van der Waals surface area contributed by atoms with Gasteiger partial charge < -0.3 is 20.7 Å². The Labute approximate surface area is 185 Å². The van der Waals surface area contributed by atoms with Crippen molar-refractivity contribution in [3.05, 3.63) is 84.0 Å². The molecule has 6 nitrogen and oxygen atoms in total. The zero-order chi connectivity index (χ0) is 22.3. The number of benzene rings is 1. The summed E-state index contributed by atoms with van der Waals surface area (Å²) in [6.07, 6.45) is 11.9. The van der Waals surface area contributed by atoms with Crippen molar-refractivity contribution >= 4 is 17.2 Å². The molecule has 1 fully saturated rings. The third kappa shape index (κ3) is 5.94. The highest BCUT2D eigenvalue weighted by Gasteiger charge is 2.20. The molecule has 2 heterocycles. The fourth-order valence-corrected chi connectivity index (χ4v) is 3.28. The van der Waals surface area contributed by atoms with Gasteiger partial charge in [-0.15, -0.1) is 0 Å². The van der Waals surface area contributed by atoms with E-state index in [9.17, 15) is 8.78 Å². The highest BCUT2D eigenvalue weighted by molar-refractivity contribution is 5.86. The van der Waals surface area contributed by atoms with E-state index in [2.05, 4.69) is 49.7 Å². The van der Waals surface area contributed by atoms with Crippen molar-refractivity contribution in [1.82, 2.24) is 15.6 Å². The normalized spacial score (nSPS) is 15.6. The lowest BCUT2D eigenvalue weighted by Crippen LogP contribution is -2.17. The smallest absolute Gasteiger partial charge is 0.388 e. The van der Waals surface area contributed by atoms with Gasteiger partial charge in [0.05, 0.1) is 0 Å². The number of hydrogen-bond acceptors (Lipinski definition) is 6. The highest BCUT2D eigenvalue weighted by Crippen LogP contribution is 2.37. The van der Waals surface area contributed by atoms with Crippen LogP contribution in [0.2, 0.25) is 0 Å². The fourth-order valence-electron chi connectivity index (χ4n) is 3.28. The Morgan fingerprint density at radius 2 is 2.03 bits per heavy atom. The topological polar surface area (TPSA) is 70.6 Å². The fraction of sp³-hybridized carbons (Fsp3) is 0.250. The van der Waals surface area contributed by atoms with E-state index in [-0.39, 0.29) is 11.9 Å². The average Bonchev–Trinajstić information content (AvgIpc) is 3.50. The Balaban J connectivity index is 1.39. The maximum absolute atomic E-state index is 12.4. The van der Waals surface area contributed by atoms with Crippen LogP contribution in [0.5, 0.6) is 5.88 Å². The Hall–Kier alpha value is -3.68. The van der Waals surface area contributed by atoms with Crippen molar-refractivity contribution in [2.45, 2.75) is 38.8 Å². The van der Waals surface area contributed by atoms with Crippen molar-refractivity contribution in [3.8, 4) is 5.88 Å². The number of amidine groups is 1. The quantitative estimate of drug-likeness (QED) is 0.495. The second-order valence-corrected chi connectivity index (χ2v) is 7.52. The highest BCUT2D eigenvalue weighted by atomic mass is 19.3. The van der Waals surface area contributed by atoms with E-state index in [1.807, 2.05) is 30.6 Å². The zero-order valence-electron chi connectivity index (χ0n) is 17.7. The largest absolute Gasteiger partial charge is 0.417 e. The lowest BCUT2D eigenvalue weighted by molar-refractivity contribution is -0.0528. The molecule has 1 aromatic carbocycles.